The Bertz CT molecular complexity index is 369. The van der Waals surface area contributed by atoms with E-state index in [1.54, 1.807) is 0 Å². The lowest BCUT2D eigenvalue weighted by Crippen LogP contribution is -2.35. The van der Waals surface area contributed by atoms with Crippen LogP contribution < -0.4 is 10.1 Å². The Hall–Kier alpha value is -1.75. The molecule has 2 N–H and O–H groups in total. The zero-order valence-corrected chi connectivity index (χ0v) is 9.39. The molecule has 0 fully saturated rings. The lowest BCUT2D eigenvalue weighted by atomic mass is 10.1. The van der Waals surface area contributed by atoms with E-state index in [4.69, 9.17) is 9.84 Å². The normalized spacial score (nSPS) is 17.1. The standard InChI is InChI=1S/C12H15NO4/c14-5-6-16-12(15)13-8-10-7-9-3-1-2-4-11(9)17-10/h1-4,10,14H,5-8H2,(H,13,15). The van der Waals surface area contributed by atoms with E-state index in [1.165, 1.54) is 0 Å². The molecule has 1 aromatic carbocycles. The minimum Gasteiger partial charge on any atom is -0.488 e. The average Bonchev–Trinajstić information content (AvgIpc) is 2.76. The summed E-state index contributed by atoms with van der Waals surface area (Å²) < 4.78 is 10.3. The molecule has 17 heavy (non-hydrogen) atoms. The van der Waals surface area contributed by atoms with Gasteiger partial charge in [0.15, 0.2) is 0 Å². The van der Waals surface area contributed by atoms with E-state index < -0.39 is 6.09 Å². The fourth-order valence-electron chi connectivity index (χ4n) is 1.75. The van der Waals surface area contributed by atoms with Crippen LogP contribution in [0, 0.1) is 0 Å². The monoisotopic (exact) mass is 237 g/mol. The van der Waals surface area contributed by atoms with Gasteiger partial charge in [0.2, 0.25) is 0 Å². The van der Waals surface area contributed by atoms with E-state index in [1.807, 2.05) is 24.3 Å². The minimum absolute atomic E-state index is 0.0115. The van der Waals surface area contributed by atoms with Crippen LogP contribution in [0.5, 0.6) is 5.75 Å². The predicted octanol–water partition coefficient (Wildman–Crippen LogP) is 0.709. The van der Waals surface area contributed by atoms with Crippen LogP contribution in [0.25, 0.3) is 0 Å². The van der Waals surface area contributed by atoms with Crippen LogP contribution in [-0.2, 0) is 11.2 Å². The lowest BCUT2D eigenvalue weighted by Gasteiger charge is -2.11. The van der Waals surface area contributed by atoms with Crippen molar-refractivity contribution in [3.05, 3.63) is 29.8 Å². The summed E-state index contributed by atoms with van der Waals surface area (Å²) in [5.74, 6) is 0.878. The summed E-state index contributed by atoms with van der Waals surface area (Å²) in [6.45, 7) is 0.245. The highest BCUT2D eigenvalue weighted by atomic mass is 16.6. The van der Waals surface area contributed by atoms with Crippen LogP contribution in [0.2, 0.25) is 0 Å². The summed E-state index contributed by atoms with van der Waals surface area (Å²) in [5.41, 5.74) is 1.16. The number of carbonyl (C=O) groups excluding carboxylic acids is 1. The Kier molecular flexibility index (Phi) is 3.82. The second kappa shape index (κ2) is 5.54. The van der Waals surface area contributed by atoms with Gasteiger partial charge in [0.05, 0.1) is 13.2 Å². The lowest BCUT2D eigenvalue weighted by molar-refractivity contribution is 0.115. The van der Waals surface area contributed by atoms with Crippen LogP contribution in [0.15, 0.2) is 24.3 Å². The molecule has 2 rings (SSSR count). The van der Waals surface area contributed by atoms with Crippen molar-refractivity contribution in [2.24, 2.45) is 0 Å². The van der Waals surface area contributed by atoms with Crippen LogP contribution in [0.3, 0.4) is 0 Å². The van der Waals surface area contributed by atoms with Gasteiger partial charge in [-0.2, -0.15) is 0 Å². The van der Waals surface area contributed by atoms with Crippen LogP contribution in [0.4, 0.5) is 4.79 Å². The molecule has 1 aromatic rings. The Balaban J connectivity index is 1.75. The molecule has 1 atom stereocenters. The van der Waals surface area contributed by atoms with E-state index in [-0.39, 0.29) is 19.3 Å². The molecule has 5 heteroatoms. The van der Waals surface area contributed by atoms with E-state index in [2.05, 4.69) is 10.1 Å². The van der Waals surface area contributed by atoms with Crippen molar-refractivity contribution < 1.29 is 19.4 Å². The third kappa shape index (κ3) is 3.10. The van der Waals surface area contributed by atoms with Gasteiger partial charge in [-0.1, -0.05) is 18.2 Å². The Morgan fingerprint density at radius 3 is 3.12 bits per heavy atom. The summed E-state index contributed by atoms with van der Waals surface area (Å²) in [6.07, 6.45) is 0.212. The number of ether oxygens (including phenoxy) is 2. The number of aliphatic hydroxyl groups excluding tert-OH is 1. The molecule has 1 aliphatic rings. The molecule has 1 heterocycles. The molecular formula is C12H15NO4. The average molecular weight is 237 g/mol. The van der Waals surface area contributed by atoms with Crippen molar-refractivity contribution in [3.63, 3.8) is 0 Å². The highest BCUT2D eigenvalue weighted by molar-refractivity contribution is 5.67. The maximum Gasteiger partial charge on any atom is 0.407 e. The number of carbonyl (C=O) groups is 1. The summed E-state index contributed by atoms with van der Waals surface area (Å²) in [6, 6.07) is 7.82. The van der Waals surface area contributed by atoms with Gasteiger partial charge in [0, 0.05) is 6.42 Å². The molecule has 1 unspecified atom stereocenters. The molecule has 0 spiro atoms. The Morgan fingerprint density at radius 1 is 1.53 bits per heavy atom. The highest BCUT2D eigenvalue weighted by Crippen LogP contribution is 2.27. The summed E-state index contributed by atoms with van der Waals surface area (Å²) in [7, 11) is 0. The Morgan fingerprint density at radius 2 is 2.35 bits per heavy atom. The number of amides is 1. The van der Waals surface area contributed by atoms with E-state index in [9.17, 15) is 4.79 Å². The number of fused-ring (bicyclic) bond motifs is 1. The fourth-order valence-corrected chi connectivity index (χ4v) is 1.75. The first-order valence-corrected chi connectivity index (χ1v) is 5.55. The largest absolute Gasteiger partial charge is 0.488 e. The molecule has 5 nitrogen and oxygen atoms in total. The van der Waals surface area contributed by atoms with Crippen molar-refractivity contribution in [1.82, 2.24) is 5.32 Å². The molecule has 0 radical (unpaired) electrons. The second-order valence-electron chi connectivity index (χ2n) is 3.79. The van der Waals surface area contributed by atoms with Crippen LogP contribution in [0.1, 0.15) is 5.56 Å². The zero-order chi connectivity index (χ0) is 12.1. The van der Waals surface area contributed by atoms with Crippen molar-refractivity contribution >= 4 is 6.09 Å². The molecule has 1 amide bonds. The summed E-state index contributed by atoms with van der Waals surface area (Å²) >= 11 is 0. The zero-order valence-electron chi connectivity index (χ0n) is 9.39. The molecule has 1 aliphatic heterocycles. The molecular weight excluding hydrogens is 222 g/mol. The van der Waals surface area contributed by atoms with Gasteiger partial charge in [-0.3, -0.25) is 0 Å². The van der Waals surface area contributed by atoms with Gasteiger partial charge in [-0.05, 0) is 11.6 Å². The van der Waals surface area contributed by atoms with Crippen molar-refractivity contribution in [3.8, 4) is 5.75 Å². The number of benzene rings is 1. The molecule has 0 aliphatic carbocycles. The third-order valence-corrected chi connectivity index (χ3v) is 2.51. The van der Waals surface area contributed by atoms with Gasteiger partial charge < -0.3 is 19.9 Å². The number of para-hydroxylation sites is 1. The first-order chi connectivity index (χ1) is 8.29. The number of nitrogens with one attached hydrogen (secondary N) is 1. The topological polar surface area (TPSA) is 67.8 Å². The first-order valence-electron chi connectivity index (χ1n) is 5.55. The molecule has 0 saturated heterocycles. The molecule has 0 bridgehead atoms. The van der Waals surface area contributed by atoms with E-state index >= 15 is 0 Å². The van der Waals surface area contributed by atoms with Gasteiger partial charge in [-0.25, -0.2) is 4.79 Å². The number of hydrogen-bond acceptors (Lipinski definition) is 4. The van der Waals surface area contributed by atoms with E-state index in [0.717, 1.165) is 17.7 Å². The second-order valence-corrected chi connectivity index (χ2v) is 3.79. The number of rotatable bonds is 4. The van der Waals surface area contributed by atoms with Crippen molar-refractivity contribution in [2.75, 3.05) is 19.8 Å². The van der Waals surface area contributed by atoms with Gasteiger partial charge >= 0.3 is 6.09 Å². The fraction of sp³-hybridized carbons (Fsp3) is 0.417. The quantitative estimate of drug-likeness (QED) is 0.809. The van der Waals surface area contributed by atoms with Gasteiger partial charge in [-0.15, -0.1) is 0 Å². The maximum atomic E-state index is 11.1. The maximum absolute atomic E-state index is 11.1. The smallest absolute Gasteiger partial charge is 0.407 e. The minimum atomic E-state index is -0.529. The number of alkyl carbamates (subject to hydrolysis) is 1. The SMILES string of the molecule is O=C(NCC1Cc2ccccc2O1)OCCO. The number of hydrogen-bond donors (Lipinski definition) is 2. The molecule has 0 saturated carbocycles. The molecule has 92 valence electrons. The van der Waals surface area contributed by atoms with Crippen LogP contribution >= 0.6 is 0 Å². The highest BCUT2D eigenvalue weighted by Gasteiger charge is 2.22. The van der Waals surface area contributed by atoms with Gasteiger partial charge in [0.25, 0.3) is 0 Å². The van der Waals surface area contributed by atoms with Crippen molar-refractivity contribution in [2.45, 2.75) is 12.5 Å². The van der Waals surface area contributed by atoms with Crippen molar-refractivity contribution in [1.29, 1.82) is 0 Å². The summed E-state index contributed by atoms with van der Waals surface area (Å²) in [5, 5.41) is 11.1. The molecule has 0 aromatic heterocycles. The third-order valence-electron chi connectivity index (χ3n) is 2.51. The predicted molar refractivity (Wildman–Crippen MR) is 61.0 cm³/mol. The number of aliphatic hydroxyl groups is 1. The van der Waals surface area contributed by atoms with E-state index in [0.29, 0.717) is 6.54 Å². The first kappa shape index (κ1) is 11.7. The van der Waals surface area contributed by atoms with Crippen LogP contribution in [-0.4, -0.2) is 37.1 Å². The van der Waals surface area contributed by atoms with Gasteiger partial charge in [0.1, 0.15) is 18.5 Å². The summed E-state index contributed by atoms with van der Waals surface area (Å²) in [4.78, 5) is 11.1. The Labute approximate surface area is 99.3 Å².